The molecular weight excluding hydrogens is 312 g/mol. The molecule has 1 aliphatic heterocycles. The summed E-state index contributed by atoms with van der Waals surface area (Å²) in [6.07, 6.45) is 3.74. The van der Waals surface area contributed by atoms with Gasteiger partial charge in [-0.05, 0) is 30.5 Å². The maximum atomic E-state index is 12.3. The molecule has 3 N–H and O–H groups in total. The lowest BCUT2D eigenvalue weighted by atomic mass is 9.98. The first-order chi connectivity index (χ1) is 12.1. The van der Waals surface area contributed by atoms with Crippen molar-refractivity contribution >= 4 is 5.91 Å². The average Bonchev–Trinajstić information content (AvgIpc) is 3.09. The summed E-state index contributed by atoms with van der Waals surface area (Å²) in [7, 11) is 0. The lowest BCUT2D eigenvalue weighted by molar-refractivity contribution is -0.126. The number of carbonyl (C=O) groups is 1. The van der Waals surface area contributed by atoms with Gasteiger partial charge in [0.1, 0.15) is 0 Å². The number of rotatable bonds is 6. The Morgan fingerprint density at radius 2 is 1.60 bits per heavy atom. The third kappa shape index (κ3) is 4.81. The van der Waals surface area contributed by atoms with Crippen LogP contribution in [0.4, 0.5) is 0 Å². The fraction of sp³-hybridized carbons (Fsp3) is 0.650. The van der Waals surface area contributed by atoms with Crippen LogP contribution < -0.4 is 11.1 Å². The van der Waals surface area contributed by atoms with Gasteiger partial charge in [0, 0.05) is 39.3 Å². The monoisotopic (exact) mass is 344 g/mol. The second kappa shape index (κ2) is 8.30. The Bertz CT molecular complexity index is 558. The summed E-state index contributed by atoms with van der Waals surface area (Å²) in [5.41, 5.74) is 8.03. The van der Waals surface area contributed by atoms with E-state index in [9.17, 15) is 4.79 Å². The van der Waals surface area contributed by atoms with Crippen LogP contribution in [-0.2, 0) is 17.9 Å². The van der Waals surface area contributed by atoms with Crippen molar-refractivity contribution in [3.8, 4) is 0 Å². The molecule has 5 heteroatoms. The van der Waals surface area contributed by atoms with Gasteiger partial charge in [-0.25, -0.2) is 0 Å². The summed E-state index contributed by atoms with van der Waals surface area (Å²) < 4.78 is 0. The van der Waals surface area contributed by atoms with E-state index in [0.29, 0.717) is 6.54 Å². The van der Waals surface area contributed by atoms with Crippen molar-refractivity contribution < 1.29 is 4.79 Å². The Kier molecular flexibility index (Phi) is 6.10. The molecule has 2 fully saturated rings. The van der Waals surface area contributed by atoms with E-state index in [1.807, 2.05) is 0 Å². The van der Waals surface area contributed by atoms with E-state index in [0.717, 1.165) is 57.4 Å². The highest BCUT2D eigenvalue weighted by atomic mass is 16.2. The Labute approximate surface area is 151 Å². The molecule has 0 spiro atoms. The van der Waals surface area contributed by atoms with Crippen molar-refractivity contribution in [2.45, 2.75) is 51.2 Å². The highest BCUT2D eigenvalue weighted by molar-refractivity contribution is 5.86. The zero-order valence-electron chi connectivity index (χ0n) is 15.5. The molecule has 0 bridgehead atoms. The minimum absolute atomic E-state index is 0.00266. The third-order valence-corrected chi connectivity index (χ3v) is 5.74. The van der Waals surface area contributed by atoms with E-state index in [1.165, 1.54) is 18.7 Å². The molecule has 3 rings (SSSR count). The number of hydrogen-bond donors (Lipinski definition) is 2. The van der Waals surface area contributed by atoms with Gasteiger partial charge in [-0.3, -0.25) is 9.69 Å². The summed E-state index contributed by atoms with van der Waals surface area (Å²) in [5, 5.41) is 3.01. The van der Waals surface area contributed by atoms with Crippen LogP contribution in [0.15, 0.2) is 24.3 Å². The van der Waals surface area contributed by atoms with Crippen molar-refractivity contribution in [2.75, 3.05) is 32.7 Å². The molecule has 1 saturated carbocycles. The fourth-order valence-corrected chi connectivity index (χ4v) is 3.88. The van der Waals surface area contributed by atoms with Gasteiger partial charge in [-0.2, -0.15) is 0 Å². The summed E-state index contributed by atoms with van der Waals surface area (Å²) in [5.74, 6) is 0.00266. The largest absolute Gasteiger partial charge is 0.350 e. The van der Waals surface area contributed by atoms with Crippen LogP contribution in [0.25, 0.3) is 0 Å². The summed E-state index contributed by atoms with van der Waals surface area (Å²) in [4.78, 5) is 17.3. The quantitative estimate of drug-likeness (QED) is 0.825. The van der Waals surface area contributed by atoms with E-state index < -0.39 is 5.54 Å². The Morgan fingerprint density at radius 1 is 1.04 bits per heavy atom. The highest BCUT2D eigenvalue weighted by Gasteiger charge is 2.36. The van der Waals surface area contributed by atoms with Gasteiger partial charge in [0.25, 0.3) is 0 Å². The average molecular weight is 345 g/mol. The lowest BCUT2D eigenvalue weighted by Crippen LogP contribution is -2.51. The van der Waals surface area contributed by atoms with Crippen LogP contribution >= 0.6 is 0 Å². The number of piperazine rings is 1. The molecule has 0 unspecified atom stereocenters. The molecule has 2 aliphatic rings. The maximum absolute atomic E-state index is 12.3. The number of nitrogens with two attached hydrogens (primary N) is 1. The first-order valence-electron chi connectivity index (χ1n) is 9.69. The molecule has 1 heterocycles. The Hall–Kier alpha value is -1.43. The van der Waals surface area contributed by atoms with E-state index in [1.54, 1.807) is 0 Å². The van der Waals surface area contributed by atoms with Crippen LogP contribution in [0.3, 0.4) is 0 Å². The lowest BCUT2D eigenvalue weighted by Gasteiger charge is -2.34. The second-order valence-electron chi connectivity index (χ2n) is 7.57. The molecule has 1 aliphatic carbocycles. The molecule has 1 amide bonds. The SMILES string of the molecule is CCN1CCN(Cc2ccc(CNC(=O)C3(N)CCCC3)cc2)CC1. The maximum Gasteiger partial charge on any atom is 0.240 e. The topological polar surface area (TPSA) is 61.6 Å². The number of amides is 1. The summed E-state index contributed by atoms with van der Waals surface area (Å²) in [6.45, 7) is 9.57. The zero-order chi connectivity index (χ0) is 17.7. The van der Waals surface area contributed by atoms with Gasteiger partial charge >= 0.3 is 0 Å². The van der Waals surface area contributed by atoms with Gasteiger partial charge in [0.05, 0.1) is 5.54 Å². The number of hydrogen-bond acceptors (Lipinski definition) is 4. The molecule has 0 aromatic heterocycles. The Balaban J connectivity index is 1.45. The van der Waals surface area contributed by atoms with Crippen LogP contribution in [0.5, 0.6) is 0 Å². The van der Waals surface area contributed by atoms with Gasteiger partial charge < -0.3 is 16.0 Å². The molecule has 0 radical (unpaired) electrons. The van der Waals surface area contributed by atoms with Gasteiger partial charge in [0.2, 0.25) is 5.91 Å². The van der Waals surface area contributed by atoms with Crippen molar-refractivity contribution in [2.24, 2.45) is 5.73 Å². The second-order valence-corrected chi connectivity index (χ2v) is 7.57. The normalized spacial score (nSPS) is 21.4. The predicted molar refractivity (Wildman–Crippen MR) is 101 cm³/mol. The van der Waals surface area contributed by atoms with Gasteiger partial charge in [-0.15, -0.1) is 0 Å². The zero-order valence-corrected chi connectivity index (χ0v) is 15.5. The predicted octanol–water partition coefficient (Wildman–Crippen LogP) is 1.71. The molecule has 1 aromatic carbocycles. The molecule has 138 valence electrons. The fourth-order valence-electron chi connectivity index (χ4n) is 3.88. The standard InChI is InChI=1S/C20H32N4O/c1-2-23-11-13-24(14-12-23)16-18-7-5-17(6-8-18)15-22-19(25)20(21)9-3-4-10-20/h5-8H,2-4,9-16,21H2,1H3,(H,22,25). The molecule has 25 heavy (non-hydrogen) atoms. The Morgan fingerprint density at radius 3 is 2.20 bits per heavy atom. The number of benzene rings is 1. The molecule has 0 atom stereocenters. The van der Waals surface area contributed by atoms with Crippen molar-refractivity contribution in [1.82, 2.24) is 15.1 Å². The molecular formula is C20H32N4O. The molecule has 5 nitrogen and oxygen atoms in total. The van der Waals surface area contributed by atoms with E-state index in [2.05, 4.69) is 46.3 Å². The molecule has 1 saturated heterocycles. The number of likely N-dealkylation sites (N-methyl/N-ethyl adjacent to an activating group) is 1. The van der Waals surface area contributed by atoms with Crippen LogP contribution in [0.1, 0.15) is 43.7 Å². The highest BCUT2D eigenvalue weighted by Crippen LogP contribution is 2.27. The number of nitrogens with one attached hydrogen (secondary N) is 1. The smallest absolute Gasteiger partial charge is 0.240 e. The minimum Gasteiger partial charge on any atom is -0.350 e. The van der Waals surface area contributed by atoms with Crippen LogP contribution in [0, 0.1) is 0 Å². The van der Waals surface area contributed by atoms with Crippen molar-refractivity contribution in [1.29, 1.82) is 0 Å². The van der Waals surface area contributed by atoms with E-state index in [-0.39, 0.29) is 5.91 Å². The minimum atomic E-state index is -0.638. The van der Waals surface area contributed by atoms with Crippen LogP contribution in [-0.4, -0.2) is 54.0 Å². The van der Waals surface area contributed by atoms with Crippen LogP contribution in [0.2, 0.25) is 0 Å². The molecule has 1 aromatic rings. The summed E-state index contributed by atoms with van der Waals surface area (Å²) >= 11 is 0. The number of carbonyl (C=O) groups excluding carboxylic acids is 1. The van der Waals surface area contributed by atoms with E-state index >= 15 is 0 Å². The van der Waals surface area contributed by atoms with Gasteiger partial charge in [-0.1, -0.05) is 44.0 Å². The third-order valence-electron chi connectivity index (χ3n) is 5.74. The van der Waals surface area contributed by atoms with Crippen molar-refractivity contribution in [3.05, 3.63) is 35.4 Å². The van der Waals surface area contributed by atoms with Gasteiger partial charge in [0.15, 0.2) is 0 Å². The summed E-state index contributed by atoms with van der Waals surface area (Å²) in [6, 6.07) is 8.61. The van der Waals surface area contributed by atoms with Crippen molar-refractivity contribution in [3.63, 3.8) is 0 Å². The first-order valence-corrected chi connectivity index (χ1v) is 9.69. The number of nitrogens with zero attached hydrogens (tertiary/aromatic N) is 2. The first kappa shape index (κ1) is 18.4. The van der Waals surface area contributed by atoms with E-state index in [4.69, 9.17) is 5.73 Å².